The van der Waals surface area contributed by atoms with Crippen LogP contribution in [0.15, 0.2) is 17.5 Å². The second-order valence-electron chi connectivity index (χ2n) is 5.18. The van der Waals surface area contributed by atoms with Crippen LogP contribution in [-0.4, -0.2) is 37.1 Å². The van der Waals surface area contributed by atoms with E-state index in [0.717, 1.165) is 13.0 Å². The number of nitrogens with zero attached hydrogens (tertiary/aromatic N) is 1. The molecule has 1 amide bonds. The van der Waals surface area contributed by atoms with E-state index in [1.165, 1.54) is 4.88 Å². The highest BCUT2D eigenvalue weighted by Crippen LogP contribution is 2.30. The van der Waals surface area contributed by atoms with Crippen LogP contribution >= 0.6 is 11.3 Å². The van der Waals surface area contributed by atoms with Crippen molar-refractivity contribution >= 4 is 17.2 Å². The lowest BCUT2D eigenvalue weighted by atomic mass is 10.1. The molecule has 1 N–H and O–H groups in total. The first kappa shape index (κ1) is 14.5. The van der Waals surface area contributed by atoms with Crippen molar-refractivity contribution in [1.82, 2.24) is 10.2 Å². The molecule has 1 aromatic heterocycles. The van der Waals surface area contributed by atoms with E-state index in [4.69, 9.17) is 4.74 Å². The Morgan fingerprint density at radius 3 is 2.89 bits per heavy atom. The molecule has 1 saturated heterocycles. The number of ether oxygens (including phenoxy) is 1. The molecule has 5 heteroatoms. The van der Waals surface area contributed by atoms with E-state index in [0.29, 0.717) is 12.5 Å². The van der Waals surface area contributed by atoms with Crippen LogP contribution in [0.3, 0.4) is 0 Å². The van der Waals surface area contributed by atoms with E-state index in [9.17, 15) is 4.79 Å². The summed E-state index contributed by atoms with van der Waals surface area (Å²) in [7, 11) is 1.69. The van der Waals surface area contributed by atoms with Gasteiger partial charge in [-0.1, -0.05) is 19.9 Å². The van der Waals surface area contributed by atoms with Gasteiger partial charge in [0.15, 0.2) is 0 Å². The van der Waals surface area contributed by atoms with Gasteiger partial charge < -0.3 is 9.64 Å². The summed E-state index contributed by atoms with van der Waals surface area (Å²) < 4.78 is 5.08. The quantitative estimate of drug-likeness (QED) is 0.814. The molecule has 1 aliphatic rings. The lowest BCUT2D eigenvalue weighted by molar-refractivity contribution is -0.130. The Morgan fingerprint density at radius 1 is 1.53 bits per heavy atom. The predicted octanol–water partition coefficient (Wildman–Crippen LogP) is 2.24. The third-order valence-electron chi connectivity index (χ3n) is 3.43. The highest BCUT2D eigenvalue weighted by Gasteiger charge is 2.40. The summed E-state index contributed by atoms with van der Waals surface area (Å²) >= 11 is 1.69. The third kappa shape index (κ3) is 3.16. The minimum absolute atomic E-state index is 0.0248. The van der Waals surface area contributed by atoms with Gasteiger partial charge in [-0.15, -0.1) is 11.3 Å². The summed E-state index contributed by atoms with van der Waals surface area (Å²) in [4.78, 5) is 15.6. The van der Waals surface area contributed by atoms with Crippen molar-refractivity contribution in [1.29, 1.82) is 0 Å². The summed E-state index contributed by atoms with van der Waals surface area (Å²) in [5.74, 6) is 0.520. The van der Waals surface area contributed by atoms with Crippen molar-refractivity contribution in [2.24, 2.45) is 5.92 Å². The Hall–Kier alpha value is -0.910. The fraction of sp³-hybridized carbons (Fsp3) is 0.643. The Labute approximate surface area is 118 Å². The Bertz CT molecular complexity index is 406. The van der Waals surface area contributed by atoms with Crippen molar-refractivity contribution in [2.75, 3.05) is 20.3 Å². The summed E-state index contributed by atoms with van der Waals surface area (Å²) in [6.07, 6.45) is 0.896. The largest absolute Gasteiger partial charge is 0.385 e. The molecule has 1 fully saturated rings. The zero-order valence-electron chi connectivity index (χ0n) is 11.8. The topological polar surface area (TPSA) is 41.6 Å². The first-order valence-electron chi connectivity index (χ1n) is 6.74. The number of rotatable bonds is 6. The van der Waals surface area contributed by atoms with Crippen molar-refractivity contribution in [2.45, 2.75) is 32.5 Å². The number of carbonyl (C=O) groups is 1. The molecule has 1 aliphatic heterocycles. The van der Waals surface area contributed by atoms with Gasteiger partial charge in [-0.2, -0.15) is 0 Å². The van der Waals surface area contributed by atoms with Crippen LogP contribution in [0.4, 0.5) is 0 Å². The molecule has 0 bridgehead atoms. The molecule has 0 saturated carbocycles. The Balaban J connectivity index is 2.12. The van der Waals surface area contributed by atoms with Gasteiger partial charge in [0.2, 0.25) is 5.91 Å². The molecule has 4 nitrogen and oxygen atoms in total. The highest BCUT2D eigenvalue weighted by atomic mass is 32.1. The second-order valence-corrected chi connectivity index (χ2v) is 6.16. The number of thiophene rings is 1. The van der Waals surface area contributed by atoms with E-state index in [2.05, 4.69) is 30.6 Å². The Kier molecular flexibility index (Phi) is 4.96. The van der Waals surface area contributed by atoms with Gasteiger partial charge in [0, 0.05) is 25.1 Å². The molecule has 0 spiro atoms. The molecule has 19 heavy (non-hydrogen) atoms. The van der Waals surface area contributed by atoms with Crippen LogP contribution in [0.25, 0.3) is 0 Å². The van der Waals surface area contributed by atoms with Gasteiger partial charge in [-0.05, 0) is 23.8 Å². The second kappa shape index (κ2) is 6.50. The molecule has 2 atom stereocenters. The molecule has 1 aromatic rings. The van der Waals surface area contributed by atoms with Gasteiger partial charge in [-0.25, -0.2) is 0 Å². The zero-order chi connectivity index (χ0) is 13.8. The van der Waals surface area contributed by atoms with Crippen LogP contribution in [0.2, 0.25) is 0 Å². The van der Waals surface area contributed by atoms with E-state index < -0.39 is 0 Å². The van der Waals surface area contributed by atoms with Gasteiger partial charge in [0.25, 0.3) is 0 Å². The smallest absolute Gasteiger partial charge is 0.241 e. The standard InChI is InChI=1S/C14H22N2O2S/c1-10(2)12-14(17)16(7-5-8-18-3)13(15-12)11-6-4-9-19-11/h4,6,9-10,12-13,15H,5,7-8H2,1-3H3. The summed E-state index contributed by atoms with van der Waals surface area (Å²) in [6.45, 7) is 5.60. The molecular weight excluding hydrogens is 260 g/mol. The number of hydrogen-bond acceptors (Lipinski definition) is 4. The molecule has 2 rings (SSSR count). The highest BCUT2D eigenvalue weighted by molar-refractivity contribution is 7.10. The van der Waals surface area contributed by atoms with Crippen molar-refractivity contribution < 1.29 is 9.53 Å². The van der Waals surface area contributed by atoms with Gasteiger partial charge >= 0.3 is 0 Å². The van der Waals surface area contributed by atoms with E-state index in [-0.39, 0.29) is 18.1 Å². The average molecular weight is 282 g/mol. The summed E-state index contributed by atoms with van der Waals surface area (Å²) in [6, 6.07) is 4.04. The van der Waals surface area contributed by atoms with Crippen LogP contribution < -0.4 is 5.32 Å². The van der Waals surface area contributed by atoms with Crippen molar-refractivity contribution in [3.05, 3.63) is 22.4 Å². The maximum absolute atomic E-state index is 12.5. The van der Waals surface area contributed by atoms with Gasteiger partial charge in [0.1, 0.15) is 6.17 Å². The number of methoxy groups -OCH3 is 1. The lowest BCUT2D eigenvalue weighted by Gasteiger charge is -2.23. The van der Waals surface area contributed by atoms with Crippen LogP contribution in [-0.2, 0) is 9.53 Å². The fourth-order valence-electron chi connectivity index (χ4n) is 2.42. The number of hydrogen-bond donors (Lipinski definition) is 1. The summed E-state index contributed by atoms with van der Waals surface area (Å²) in [5, 5.41) is 5.52. The minimum atomic E-state index is -0.0744. The molecule has 2 unspecified atom stereocenters. The number of carbonyl (C=O) groups excluding carboxylic acids is 1. The van der Waals surface area contributed by atoms with Crippen LogP contribution in [0.1, 0.15) is 31.3 Å². The monoisotopic (exact) mass is 282 g/mol. The fourth-order valence-corrected chi connectivity index (χ4v) is 3.21. The first-order valence-corrected chi connectivity index (χ1v) is 7.62. The molecule has 0 aromatic carbocycles. The summed E-state index contributed by atoms with van der Waals surface area (Å²) in [5.41, 5.74) is 0. The number of nitrogens with one attached hydrogen (secondary N) is 1. The van der Waals surface area contributed by atoms with Gasteiger partial charge in [0.05, 0.1) is 6.04 Å². The third-order valence-corrected chi connectivity index (χ3v) is 4.35. The predicted molar refractivity (Wildman–Crippen MR) is 77.0 cm³/mol. The molecule has 0 radical (unpaired) electrons. The van der Waals surface area contributed by atoms with E-state index in [1.807, 2.05) is 11.0 Å². The van der Waals surface area contributed by atoms with Crippen LogP contribution in [0.5, 0.6) is 0 Å². The average Bonchev–Trinajstić information content (AvgIpc) is 2.98. The maximum atomic E-state index is 12.5. The van der Waals surface area contributed by atoms with Gasteiger partial charge in [-0.3, -0.25) is 10.1 Å². The first-order chi connectivity index (χ1) is 9.15. The molecular formula is C14H22N2O2S. The van der Waals surface area contributed by atoms with Crippen LogP contribution in [0, 0.1) is 5.92 Å². The lowest BCUT2D eigenvalue weighted by Crippen LogP contribution is -2.35. The number of amides is 1. The molecule has 106 valence electrons. The van der Waals surface area contributed by atoms with E-state index in [1.54, 1.807) is 18.4 Å². The molecule has 2 heterocycles. The van der Waals surface area contributed by atoms with Crippen molar-refractivity contribution in [3.63, 3.8) is 0 Å². The molecule has 0 aliphatic carbocycles. The Morgan fingerprint density at radius 2 is 2.32 bits per heavy atom. The normalized spacial score (nSPS) is 23.6. The maximum Gasteiger partial charge on any atom is 0.241 e. The van der Waals surface area contributed by atoms with Crippen molar-refractivity contribution in [3.8, 4) is 0 Å². The SMILES string of the molecule is COCCCN1C(=O)C(C(C)C)NC1c1cccs1. The van der Waals surface area contributed by atoms with E-state index >= 15 is 0 Å². The minimum Gasteiger partial charge on any atom is -0.385 e. The zero-order valence-corrected chi connectivity index (χ0v) is 12.6.